The van der Waals surface area contributed by atoms with Gasteiger partial charge in [0.2, 0.25) is 0 Å². The van der Waals surface area contributed by atoms with E-state index < -0.39 is 0 Å². The minimum absolute atomic E-state index is 0.333. The minimum Gasteiger partial charge on any atom is -0.462 e. The van der Waals surface area contributed by atoms with Crippen LogP contribution in [0.15, 0.2) is 11.8 Å². The Morgan fingerprint density at radius 1 is 1.29 bits per heavy atom. The van der Waals surface area contributed by atoms with E-state index in [0.29, 0.717) is 12.3 Å². The molecule has 82 valence electrons. The van der Waals surface area contributed by atoms with Gasteiger partial charge in [0.1, 0.15) is 0 Å². The van der Waals surface area contributed by atoms with Crippen LogP contribution in [0.1, 0.15) is 46.0 Å². The van der Waals surface area contributed by atoms with Gasteiger partial charge in [-0.3, -0.25) is 0 Å². The number of carbonyl (C=O) groups excluding carboxylic acids is 1. The highest BCUT2D eigenvalue weighted by Gasteiger charge is 1.97. The molecule has 0 saturated carbocycles. The van der Waals surface area contributed by atoms with E-state index in [-0.39, 0.29) is 5.97 Å². The number of hydrogen-bond acceptors (Lipinski definition) is 3. The molecule has 0 saturated heterocycles. The van der Waals surface area contributed by atoms with Gasteiger partial charge in [0, 0.05) is 11.8 Å². The van der Waals surface area contributed by atoms with Crippen molar-refractivity contribution in [2.24, 2.45) is 5.73 Å². The third-order valence-electron chi connectivity index (χ3n) is 1.84. The number of unbranched alkanes of at least 4 members (excludes halogenated alkanes) is 4. The van der Waals surface area contributed by atoms with Crippen LogP contribution in [0.3, 0.4) is 0 Å². The van der Waals surface area contributed by atoms with E-state index in [1.165, 1.54) is 25.3 Å². The highest BCUT2D eigenvalue weighted by molar-refractivity contribution is 5.82. The minimum atomic E-state index is -0.333. The number of ether oxygens (including phenoxy) is 1. The molecule has 0 atom stereocenters. The fourth-order valence-electron chi connectivity index (χ4n) is 1.11. The standard InChI is InChI=1S/C11H21NO2/c1-3-4-5-6-7-8-14-11(13)9-10(2)12/h9H,3-8,12H2,1-2H3. The predicted octanol–water partition coefficient (Wildman–Crippen LogP) is 2.36. The molecule has 14 heavy (non-hydrogen) atoms. The van der Waals surface area contributed by atoms with Gasteiger partial charge < -0.3 is 10.5 Å². The molecule has 0 bridgehead atoms. The Morgan fingerprint density at radius 3 is 2.50 bits per heavy atom. The van der Waals surface area contributed by atoms with Crippen molar-refractivity contribution < 1.29 is 9.53 Å². The van der Waals surface area contributed by atoms with Crippen molar-refractivity contribution in [2.75, 3.05) is 6.61 Å². The van der Waals surface area contributed by atoms with Gasteiger partial charge in [-0.1, -0.05) is 32.6 Å². The summed E-state index contributed by atoms with van der Waals surface area (Å²) in [5, 5.41) is 0. The van der Waals surface area contributed by atoms with Crippen molar-refractivity contribution >= 4 is 5.97 Å². The van der Waals surface area contributed by atoms with Gasteiger partial charge in [-0.2, -0.15) is 0 Å². The van der Waals surface area contributed by atoms with Crippen LogP contribution in [-0.4, -0.2) is 12.6 Å². The third-order valence-corrected chi connectivity index (χ3v) is 1.84. The second-order valence-corrected chi connectivity index (χ2v) is 3.47. The Balaban J connectivity index is 3.28. The number of nitrogens with two attached hydrogens (primary N) is 1. The summed E-state index contributed by atoms with van der Waals surface area (Å²) in [5.74, 6) is -0.333. The number of hydrogen-bond donors (Lipinski definition) is 1. The van der Waals surface area contributed by atoms with E-state index in [0.717, 1.165) is 12.8 Å². The highest BCUT2D eigenvalue weighted by atomic mass is 16.5. The van der Waals surface area contributed by atoms with Crippen LogP contribution in [0.4, 0.5) is 0 Å². The Labute approximate surface area is 86.3 Å². The fraction of sp³-hybridized carbons (Fsp3) is 0.727. The summed E-state index contributed by atoms with van der Waals surface area (Å²) >= 11 is 0. The van der Waals surface area contributed by atoms with Gasteiger partial charge in [0.05, 0.1) is 6.61 Å². The van der Waals surface area contributed by atoms with Crippen LogP contribution in [0, 0.1) is 0 Å². The smallest absolute Gasteiger partial charge is 0.332 e. The fourth-order valence-corrected chi connectivity index (χ4v) is 1.11. The van der Waals surface area contributed by atoms with E-state index in [4.69, 9.17) is 10.5 Å². The van der Waals surface area contributed by atoms with Crippen LogP contribution < -0.4 is 5.73 Å². The van der Waals surface area contributed by atoms with Crippen LogP contribution in [-0.2, 0) is 9.53 Å². The Kier molecular flexibility index (Phi) is 7.99. The average Bonchev–Trinajstić information content (AvgIpc) is 2.10. The van der Waals surface area contributed by atoms with Gasteiger partial charge >= 0.3 is 5.97 Å². The lowest BCUT2D eigenvalue weighted by Gasteiger charge is -2.01. The third kappa shape index (κ3) is 9.10. The summed E-state index contributed by atoms with van der Waals surface area (Å²) in [4.78, 5) is 11.0. The van der Waals surface area contributed by atoms with Gasteiger partial charge in [-0.15, -0.1) is 0 Å². The SMILES string of the molecule is CCCCCCCOC(=O)C=C(C)N. The van der Waals surface area contributed by atoms with Gasteiger partial charge in [-0.05, 0) is 13.3 Å². The first-order valence-electron chi connectivity index (χ1n) is 5.27. The topological polar surface area (TPSA) is 52.3 Å². The molecule has 0 heterocycles. The zero-order chi connectivity index (χ0) is 10.8. The van der Waals surface area contributed by atoms with E-state index in [1.807, 2.05) is 0 Å². The molecule has 0 rings (SSSR count). The summed E-state index contributed by atoms with van der Waals surface area (Å²) in [6.45, 7) is 4.35. The molecule has 0 aliphatic heterocycles. The largest absolute Gasteiger partial charge is 0.462 e. The molecule has 0 fully saturated rings. The summed E-state index contributed by atoms with van der Waals surface area (Å²) < 4.78 is 4.94. The van der Waals surface area contributed by atoms with Crippen LogP contribution in [0.25, 0.3) is 0 Å². The summed E-state index contributed by atoms with van der Waals surface area (Å²) in [6, 6.07) is 0. The lowest BCUT2D eigenvalue weighted by molar-refractivity contribution is -0.137. The summed E-state index contributed by atoms with van der Waals surface area (Å²) in [7, 11) is 0. The molecule has 0 amide bonds. The molecule has 0 aromatic carbocycles. The second-order valence-electron chi connectivity index (χ2n) is 3.47. The molecular weight excluding hydrogens is 178 g/mol. The molecule has 2 N–H and O–H groups in total. The van der Waals surface area contributed by atoms with E-state index >= 15 is 0 Å². The Morgan fingerprint density at radius 2 is 1.93 bits per heavy atom. The van der Waals surface area contributed by atoms with Crippen molar-refractivity contribution in [3.63, 3.8) is 0 Å². The van der Waals surface area contributed by atoms with Crippen LogP contribution in [0.2, 0.25) is 0 Å². The molecule has 0 aliphatic carbocycles. The average molecular weight is 199 g/mol. The van der Waals surface area contributed by atoms with Crippen LogP contribution in [0.5, 0.6) is 0 Å². The molecular formula is C11H21NO2. The predicted molar refractivity (Wildman–Crippen MR) is 57.7 cm³/mol. The zero-order valence-electron chi connectivity index (χ0n) is 9.21. The van der Waals surface area contributed by atoms with Crippen molar-refractivity contribution in [1.29, 1.82) is 0 Å². The lowest BCUT2D eigenvalue weighted by atomic mass is 10.2. The first-order valence-corrected chi connectivity index (χ1v) is 5.27. The van der Waals surface area contributed by atoms with Crippen molar-refractivity contribution in [1.82, 2.24) is 0 Å². The van der Waals surface area contributed by atoms with Crippen molar-refractivity contribution in [3.05, 3.63) is 11.8 Å². The molecule has 0 aromatic heterocycles. The van der Waals surface area contributed by atoms with Crippen LogP contribution >= 0.6 is 0 Å². The molecule has 3 heteroatoms. The second kappa shape index (κ2) is 8.60. The Bertz CT molecular complexity index is 184. The maximum absolute atomic E-state index is 11.0. The van der Waals surface area contributed by atoms with E-state index in [2.05, 4.69) is 6.92 Å². The lowest BCUT2D eigenvalue weighted by Crippen LogP contribution is -2.05. The van der Waals surface area contributed by atoms with Gasteiger partial charge in [0.25, 0.3) is 0 Å². The molecule has 0 spiro atoms. The quantitative estimate of drug-likeness (QED) is 0.389. The zero-order valence-corrected chi connectivity index (χ0v) is 9.21. The molecule has 3 nitrogen and oxygen atoms in total. The molecule has 0 aliphatic rings. The van der Waals surface area contributed by atoms with E-state index in [1.54, 1.807) is 6.92 Å². The maximum atomic E-state index is 11.0. The molecule has 0 radical (unpaired) electrons. The van der Waals surface area contributed by atoms with E-state index in [9.17, 15) is 4.79 Å². The first kappa shape index (κ1) is 13.0. The number of allylic oxidation sites excluding steroid dienone is 1. The first-order chi connectivity index (χ1) is 6.66. The normalized spacial score (nSPS) is 11.4. The number of esters is 1. The van der Waals surface area contributed by atoms with Gasteiger partial charge in [0.15, 0.2) is 0 Å². The maximum Gasteiger partial charge on any atom is 0.332 e. The number of carbonyl (C=O) groups is 1. The number of rotatable bonds is 7. The van der Waals surface area contributed by atoms with Crippen molar-refractivity contribution in [3.8, 4) is 0 Å². The highest BCUT2D eigenvalue weighted by Crippen LogP contribution is 2.02. The molecule has 0 unspecified atom stereocenters. The van der Waals surface area contributed by atoms with Crippen molar-refractivity contribution in [2.45, 2.75) is 46.0 Å². The molecule has 0 aromatic rings. The monoisotopic (exact) mass is 199 g/mol. The summed E-state index contributed by atoms with van der Waals surface area (Å²) in [6.07, 6.45) is 7.10. The summed E-state index contributed by atoms with van der Waals surface area (Å²) in [5.41, 5.74) is 5.81. The Hall–Kier alpha value is -0.990. The van der Waals surface area contributed by atoms with Gasteiger partial charge in [-0.25, -0.2) is 4.79 Å².